The van der Waals surface area contributed by atoms with Gasteiger partial charge >= 0.3 is 0 Å². The van der Waals surface area contributed by atoms with Crippen LogP contribution in [-0.2, 0) is 0 Å². The summed E-state index contributed by atoms with van der Waals surface area (Å²) in [6.07, 6.45) is 2.78. The van der Waals surface area contributed by atoms with E-state index in [1.54, 1.807) is 6.08 Å². The third kappa shape index (κ3) is 2.03. The fourth-order valence-electron chi connectivity index (χ4n) is 0.780. The summed E-state index contributed by atoms with van der Waals surface area (Å²) in [4.78, 5) is 0. The summed E-state index contributed by atoms with van der Waals surface area (Å²) in [6, 6.07) is 0. The maximum atomic E-state index is 3.95. The first-order valence-corrected chi connectivity index (χ1v) is 3.39. The van der Waals surface area contributed by atoms with Crippen molar-refractivity contribution in [1.82, 2.24) is 5.53 Å². The molecule has 0 unspecified atom stereocenters. The highest BCUT2D eigenvalue weighted by Crippen LogP contribution is 2.02. The van der Waals surface area contributed by atoms with Crippen LogP contribution >= 0.6 is 0 Å². The summed E-state index contributed by atoms with van der Waals surface area (Å²) in [5.41, 5.74) is 3.53. The van der Waals surface area contributed by atoms with Crippen LogP contribution < -0.4 is 5.53 Å². The topological polar surface area (TPSA) is 36.8 Å². The zero-order valence-corrected chi connectivity index (χ0v) is 6.26. The van der Waals surface area contributed by atoms with Gasteiger partial charge in [-0.1, -0.05) is 13.8 Å². The van der Waals surface area contributed by atoms with Gasteiger partial charge in [0, 0.05) is 11.9 Å². The van der Waals surface area contributed by atoms with Gasteiger partial charge < -0.3 is 0 Å². The van der Waals surface area contributed by atoms with Gasteiger partial charge in [0.2, 0.25) is 0 Å². The zero-order valence-electron chi connectivity index (χ0n) is 6.26. The molecular weight excluding hydrogens is 126 g/mol. The number of nitrogens with one attached hydrogen (secondary N) is 1. The van der Waals surface area contributed by atoms with E-state index in [2.05, 4.69) is 35.5 Å². The summed E-state index contributed by atoms with van der Waals surface area (Å²) in [6.45, 7) is 4.31. The van der Waals surface area contributed by atoms with Crippen molar-refractivity contribution in [2.24, 2.45) is 16.1 Å². The van der Waals surface area contributed by atoms with E-state index < -0.39 is 0 Å². The van der Waals surface area contributed by atoms with Gasteiger partial charge in [-0.05, 0) is 12.3 Å². The fourth-order valence-corrected chi connectivity index (χ4v) is 0.780. The van der Waals surface area contributed by atoms with Crippen LogP contribution in [0.1, 0.15) is 20.3 Å². The highest BCUT2D eigenvalue weighted by atomic mass is 15.5. The number of nitrogens with zero attached hydrogens (tertiary/aromatic N) is 2. The lowest BCUT2D eigenvalue weighted by Crippen LogP contribution is -2.08. The molecule has 0 spiro atoms. The Morgan fingerprint density at radius 3 is 3.00 bits per heavy atom. The molecule has 0 saturated heterocycles. The van der Waals surface area contributed by atoms with E-state index in [0.29, 0.717) is 5.92 Å². The quantitative estimate of drug-likeness (QED) is 0.608. The second-order valence-corrected chi connectivity index (χ2v) is 2.69. The third-order valence-electron chi connectivity index (χ3n) is 1.16. The molecule has 0 radical (unpaired) electrons. The van der Waals surface area contributed by atoms with Crippen LogP contribution in [0, 0.1) is 5.92 Å². The van der Waals surface area contributed by atoms with Crippen molar-refractivity contribution in [3.63, 3.8) is 0 Å². The Morgan fingerprint density at radius 2 is 2.50 bits per heavy atom. The molecule has 0 fully saturated rings. The first kappa shape index (κ1) is 7.03. The largest absolute Gasteiger partial charge is 0.190 e. The molecule has 1 aliphatic rings. The summed E-state index contributed by atoms with van der Waals surface area (Å²) >= 11 is 0. The molecule has 3 nitrogen and oxygen atoms in total. The number of rotatable bonds is 2. The minimum absolute atomic E-state index is 0.636. The number of hydrazone groups is 2. The van der Waals surface area contributed by atoms with E-state index in [-0.39, 0.29) is 0 Å². The van der Waals surface area contributed by atoms with Gasteiger partial charge in [-0.2, -0.15) is 10.6 Å². The molecule has 1 N–H and O–H groups in total. The Hall–Kier alpha value is -1.08. The lowest BCUT2D eigenvalue weighted by molar-refractivity contribution is 0.676. The molecule has 0 aromatic heterocycles. The predicted octanol–water partition coefficient (Wildman–Crippen LogP) is 1.13. The Labute approximate surface area is 60.5 Å². The Balaban J connectivity index is 2.50. The molecule has 3 heteroatoms. The summed E-state index contributed by atoms with van der Waals surface area (Å²) < 4.78 is 0. The molecule has 10 heavy (non-hydrogen) atoms. The molecule has 54 valence electrons. The summed E-state index contributed by atoms with van der Waals surface area (Å²) in [7, 11) is 0. The third-order valence-corrected chi connectivity index (χ3v) is 1.16. The molecule has 0 aromatic carbocycles. The van der Waals surface area contributed by atoms with Crippen LogP contribution in [0.2, 0.25) is 0 Å². The van der Waals surface area contributed by atoms with Crippen LogP contribution in [-0.4, -0.2) is 11.6 Å². The van der Waals surface area contributed by atoms with Crippen molar-refractivity contribution in [3.8, 4) is 0 Å². The van der Waals surface area contributed by atoms with Gasteiger partial charge in [0.15, 0.2) is 0 Å². The fraction of sp³-hybridized carbons (Fsp3) is 0.571. The predicted molar refractivity (Wildman–Crippen MR) is 42.0 cm³/mol. The Morgan fingerprint density at radius 1 is 1.70 bits per heavy atom. The van der Waals surface area contributed by atoms with Crippen molar-refractivity contribution in [2.45, 2.75) is 20.3 Å². The maximum Gasteiger partial charge on any atom is 0.0719 e. The molecule has 0 aromatic rings. The van der Waals surface area contributed by atoms with Crippen LogP contribution in [0.4, 0.5) is 0 Å². The van der Waals surface area contributed by atoms with E-state index in [1.807, 2.05) is 0 Å². The number of hydrogen-bond acceptors (Lipinski definition) is 3. The van der Waals surface area contributed by atoms with E-state index in [0.717, 1.165) is 12.1 Å². The van der Waals surface area contributed by atoms with Crippen molar-refractivity contribution in [3.05, 3.63) is 6.08 Å². The number of hydrogen-bond donors (Lipinski definition) is 1. The van der Waals surface area contributed by atoms with E-state index >= 15 is 0 Å². The van der Waals surface area contributed by atoms with Gasteiger partial charge in [0.25, 0.3) is 0 Å². The maximum absolute atomic E-state index is 3.95. The summed E-state index contributed by atoms with van der Waals surface area (Å²) in [5, 5.41) is 7.54. The average molecular weight is 137 g/mol. The van der Waals surface area contributed by atoms with Crippen molar-refractivity contribution < 1.29 is 0 Å². The first-order chi connectivity index (χ1) is 4.79. The Kier molecular flexibility index (Phi) is 2.24. The van der Waals surface area contributed by atoms with Crippen LogP contribution in [0.3, 0.4) is 0 Å². The SMILES string of the molecule is CC(C)CC1=NNN=C=C1. The molecule has 0 aliphatic carbocycles. The second kappa shape index (κ2) is 3.18. The minimum Gasteiger partial charge on any atom is -0.190 e. The zero-order chi connectivity index (χ0) is 7.40. The molecule has 1 aliphatic heterocycles. The van der Waals surface area contributed by atoms with Gasteiger partial charge in [0.05, 0.1) is 5.71 Å². The highest BCUT2D eigenvalue weighted by molar-refractivity contribution is 6.01. The molecule has 0 saturated carbocycles. The summed E-state index contributed by atoms with van der Waals surface area (Å²) in [5.74, 6) is 3.33. The standard InChI is InChI=1S/C7H11N3/c1-6(2)5-7-3-4-8-10-9-7/h3,6,10H,5H2,1-2H3. The Bertz CT molecular complexity index is 197. The molecular formula is C7H11N3. The lowest BCUT2D eigenvalue weighted by atomic mass is 10.1. The van der Waals surface area contributed by atoms with Crippen molar-refractivity contribution in [1.29, 1.82) is 0 Å². The van der Waals surface area contributed by atoms with E-state index in [9.17, 15) is 0 Å². The van der Waals surface area contributed by atoms with Crippen LogP contribution in [0.5, 0.6) is 0 Å². The van der Waals surface area contributed by atoms with Crippen LogP contribution in [0.25, 0.3) is 0 Å². The minimum atomic E-state index is 0.636. The van der Waals surface area contributed by atoms with Crippen molar-refractivity contribution in [2.75, 3.05) is 0 Å². The van der Waals surface area contributed by atoms with Gasteiger partial charge in [-0.25, -0.2) is 0 Å². The normalized spacial score (nSPS) is 15.3. The van der Waals surface area contributed by atoms with Gasteiger partial charge in [0.1, 0.15) is 0 Å². The molecule has 0 bridgehead atoms. The molecule has 1 heterocycles. The highest BCUT2D eigenvalue weighted by Gasteiger charge is 2.00. The van der Waals surface area contributed by atoms with Gasteiger partial charge in [-0.3, -0.25) is 0 Å². The number of allylic oxidation sites excluding steroid dienone is 1. The second-order valence-electron chi connectivity index (χ2n) is 2.69. The van der Waals surface area contributed by atoms with Crippen LogP contribution in [0.15, 0.2) is 16.3 Å². The van der Waals surface area contributed by atoms with E-state index in [1.165, 1.54) is 0 Å². The smallest absolute Gasteiger partial charge is 0.0719 e. The van der Waals surface area contributed by atoms with Gasteiger partial charge in [-0.15, -0.1) is 5.10 Å². The molecule has 1 rings (SSSR count). The monoisotopic (exact) mass is 137 g/mol. The molecule has 0 atom stereocenters. The van der Waals surface area contributed by atoms with E-state index in [4.69, 9.17) is 0 Å². The lowest BCUT2D eigenvalue weighted by Gasteiger charge is -2.04. The first-order valence-electron chi connectivity index (χ1n) is 3.39. The van der Waals surface area contributed by atoms with Crippen molar-refractivity contribution >= 4 is 11.6 Å². The molecule has 0 amide bonds. The average Bonchev–Trinajstić information content (AvgIpc) is 1.88.